The van der Waals surface area contributed by atoms with Crippen molar-refractivity contribution in [2.24, 2.45) is 5.41 Å². The van der Waals surface area contributed by atoms with E-state index in [1.54, 1.807) is 4.90 Å². The highest BCUT2D eigenvalue weighted by molar-refractivity contribution is 5.77. The van der Waals surface area contributed by atoms with Gasteiger partial charge in [-0.15, -0.1) is 0 Å². The molecular weight excluding hydrogens is 208 g/mol. The Labute approximate surface area is 96.1 Å². The molecule has 5 heteroatoms. The number of hydrogen-bond donors (Lipinski definition) is 1. The fraction of sp³-hybridized carbons (Fsp3) is 0.818. The van der Waals surface area contributed by atoms with Crippen molar-refractivity contribution in [3.63, 3.8) is 0 Å². The first-order valence-electron chi connectivity index (χ1n) is 5.67. The molecule has 16 heavy (non-hydrogen) atoms. The number of carbonyl (C=O) groups is 2. The molecule has 1 aliphatic heterocycles. The molecule has 0 unspecified atom stereocenters. The highest BCUT2D eigenvalue weighted by Crippen LogP contribution is 2.21. The van der Waals surface area contributed by atoms with Crippen molar-refractivity contribution in [1.29, 1.82) is 0 Å². The summed E-state index contributed by atoms with van der Waals surface area (Å²) in [6.07, 6.45) is 0.746. The van der Waals surface area contributed by atoms with Crippen LogP contribution in [0.2, 0.25) is 0 Å². The van der Waals surface area contributed by atoms with Gasteiger partial charge in [0.25, 0.3) is 0 Å². The maximum absolute atomic E-state index is 11.6. The summed E-state index contributed by atoms with van der Waals surface area (Å²) >= 11 is 0. The van der Waals surface area contributed by atoms with Gasteiger partial charge in [-0.25, -0.2) is 4.79 Å². The third-order valence-corrected chi connectivity index (χ3v) is 2.98. The van der Waals surface area contributed by atoms with Crippen molar-refractivity contribution >= 4 is 12.0 Å². The summed E-state index contributed by atoms with van der Waals surface area (Å²) in [5.41, 5.74) is -0.437. The Morgan fingerprint density at radius 2 is 2.25 bits per heavy atom. The molecular formula is C11H20N2O3. The number of urea groups is 1. The van der Waals surface area contributed by atoms with E-state index in [2.05, 4.69) is 5.32 Å². The van der Waals surface area contributed by atoms with Gasteiger partial charge >= 0.3 is 12.0 Å². The second-order valence-corrected chi connectivity index (χ2v) is 4.59. The zero-order chi connectivity index (χ0) is 12.2. The Balaban J connectivity index is 2.25. The van der Waals surface area contributed by atoms with Crippen molar-refractivity contribution in [1.82, 2.24) is 10.2 Å². The molecule has 0 aromatic rings. The van der Waals surface area contributed by atoms with Gasteiger partial charge in [0.2, 0.25) is 0 Å². The lowest BCUT2D eigenvalue weighted by Gasteiger charge is -2.21. The molecule has 1 saturated heterocycles. The summed E-state index contributed by atoms with van der Waals surface area (Å²) in [4.78, 5) is 24.4. The van der Waals surface area contributed by atoms with Crippen LogP contribution in [0, 0.1) is 5.41 Å². The van der Waals surface area contributed by atoms with Crippen molar-refractivity contribution in [3.8, 4) is 0 Å². The van der Waals surface area contributed by atoms with Gasteiger partial charge in [-0.2, -0.15) is 0 Å². The summed E-state index contributed by atoms with van der Waals surface area (Å²) in [6, 6.07) is -0.0780. The topological polar surface area (TPSA) is 58.6 Å². The fourth-order valence-corrected chi connectivity index (χ4v) is 1.31. The molecule has 0 aliphatic carbocycles. The first kappa shape index (κ1) is 12.8. The van der Waals surface area contributed by atoms with Gasteiger partial charge in [0, 0.05) is 13.1 Å². The highest BCUT2D eigenvalue weighted by atomic mass is 16.5. The van der Waals surface area contributed by atoms with Crippen LogP contribution in [0.15, 0.2) is 0 Å². The van der Waals surface area contributed by atoms with Gasteiger partial charge in [-0.1, -0.05) is 6.92 Å². The maximum atomic E-state index is 11.6. The normalized spacial score (nSPS) is 16.2. The Morgan fingerprint density at radius 1 is 1.56 bits per heavy atom. The summed E-state index contributed by atoms with van der Waals surface area (Å²) < 4.78 is 5.15. The maximum Gasteiger partial charge on any atom is 0.317 e. The molecule has 0 spiro atoms. The van der Waals surface area contributed by atoms with Crippen LogP contribution in [0.4, 0.5) is 4.79 Å². The summed E-state index contributed by atoms with van der Waals surface area (Å²) in [5.74, 6) is -0.199. The van der Waals surface area contributed by atoms with Gasteiger partial charge < -0.3 is 15.0 Å². The van der Waals surface area contributed by atoms with Crippen molar-refractivity contribution in [3.05, 3.63) is 0 Å². The lowest BCUT2D eigenvalue weighted by Crippen LogP contribution is -2.33. The Bertz CT molecular complexity index is 276. The molecule has 0 aromatic carbocycles. The van der Waals surface area contributed by atoms with Gasteiger partial charge in [-0.3, -0.25) is 4.79 Å². The number of amides is 2. The number of nitrogens with zero attached hydrogens (tertiary/aromatic N) is 1. The zero-order valence-corrected chi connectivity index (χ0v) is 10.2. The summed E-state index contributed by atoms with van der Waals surface area (Å²) in [5, 5.41) is 2.70. The minimum Gasteiger partial charge on any atom is -0.463 e. The predicted molar refractivity (Wildman–Crippen MR) is 60.0 cm³/mol. The number of ether oxygens (including phenoxy) is 1. The van der Waals surface area contributed by atoms with E-state index in [9.17, 15) is 9.59 Å². The standard InChI is InChI=1S/C11H20N2O3/c1-4-11(2,3)9(14)16-8-7-13-6-5-12-10(13)15/h4-8H2,1-3H3,(H,12,15). The summed E-state index contributed by atoms with van der Waals surface area (Å²) in [7, 11) is 0. The molecule has 0 atom stereocenters. The molecule has 1 fully saturated rings. The third-order valence-electron chi connectivity index (χ3n) is 2.98. The number of esters is 1. The van der Waals surface area contributed by atoms with Crippen molar-refractivity contribution in [2.45, 2.75) is 27.2 Å². The van der Waals surface area contributed by atoms with E-state index in [1.165, 1.54) is 0 Å². The molecule has 1 heterocycles. The number of nitrogens with one attached hydrogen (secondary N) is 1. The first-order chi connectivity index (χ1) is 7.47. The second-order valence-electron chi connectivity index (χ2n) is 4.59. The quantitative estimate of drug-likeness (QED) is 0.714. The smallest absolute Gasteiger partial charge is 0.317 e. The third kappa shape index (κ3) is 3.12. The van der Waals surface area contributed by atoms with Gasteiger partial charge in [0.1, 0.15) is 6.61 Å². The zero-order valence-electron chi connectivity index (χ0n) is 10.2. The molecule has 0 aromatic heterocycles. The SMILES string of the molecule is CCC(C)(C)C(=O)OCCN1CCNC1=O. The van der Waals surface area contributed by atoms with Crippen LogP contribution in [-0.2, 0) is 9.53 Å². The lowest BCUT2D eigenvalue weighted by molar-refractivity contribution is -0.154. The van der Waals surface area contributed by atoms with Crippen LogP contribution in [0.3, 0.4) is 0 Å². The second kappa shape index (κ2) is 5.18. The van der Waals surface area contributed by atoms with E-state index in [0.717, 1.165) is 6.42 Å². The molecule has 0 saturated carbocycles. The van der Waals surface area contributed by atoms with Crippen LogP contribution < -0.4 is 5.32 Å². The number of carbonyl (C=O) groups excluding carboxylic acids is 2. The minimum atomic E-state index is -0.437. The van der Waals surface area contributed by atoms with E-state index in [4.69, 9.17) is 4.74 Å². The van der Waals surface area contributed by atoms with E-state index in [0.29, 0.717) is 19.6 Å². The van der Waals surface area contributed by atoms with Crippen LogP contribution in [0.1, 0.15) is 27.2 Å². The number of rotatable bonds is 5. The Morgan fingerprint density at radius 3 is 2.75 bits per heavy atom. The van der Waals surface area contributed by atoms with E-state index < -0.39 is 5.41 Å². The van der Waals surface area contributed by atoms with Gasteiger partial charge in [-0.05, 0) is 20.3 Å². The van der Waals surface area contributed by atoms with Crippen LogP contribution in [0.25, 0.3) is 0 Å². The average Bonchev–Trinajstić information content (AvgIpc) is 2.64. The number of hydrogen-bond acceptors (Lipinski definition) is 3. The first-order valence-corrected chi connectivity index (χ1v) is 5.67. The van der Waals surface area contributed by atoms with E-state index in [1.807, 2.05) is 20.8 Å². The predicted octanol–water partition coefficient (Wildman–Crippen LogP) is 0.991. The minimum absolute atomic E-state index is 0.0780. The van der Waals surface area contributed by atoms with Crippen molar-refractivity contribution < 1.29 is 14.3 Å². The Hall–Kier alpha value is -1.26. The van der Waals surface area contributed by atoms with Crippen LogP contribution in [0.5, 0.6) is 0 Å². The lowest BCUT2D eigenvalue weighted by atomic mass is 9.91. The highest BCUT2D eigenvalue weighted by Gasteiger charge is 2.27. The van der Waals surface area contributed by atoms with Gasteiger partial charge in [0.15, 0.2) is 0 Å². The van der Waals surface area contributed by atoms with E-state index in [-0.39, 0.29) is 18.6 Å². The molecule has 0 radical (unpaired) electrons. The molecule has 2 amide bonds. The monoisotopic (exact) mass is 228 g/mol. The molecule has 5 nitrogen and oxygen atoms in total. The molecule has 92 valence electrons. The van der Waals surface area contributed by atoms with Crippen LogP contribution in [-0.4, -0.2) is 43.1 Å². The molecule has 1 aliphatic rings. The van der Waals surface area contributed by atoms with Crippen molar-refractivity contribution in [2.75, 3.05) is 26.2 Å². The summed E-state index contributed by atoms with van der Waals surface area (Å²) in [6.45, 7) is 7.78. The molecule has 0 bridgehead atoms. The van der Waals surface area contributed by atoms with Crippen LogP contribution >= 0.6 is 0 Å². The molecule has 1 N–H and O–H groups in total. The van der Waals surface area contributed by atoms with Gasteiger partial charge in [0.05, 0.1) is 12.0 Å². The Kier molecular flexibility index (Phi) is 4.15. The molecule has 1 rings (SSSR count). The largest absolute Gasteiger partial charge is 0.463 e. The average molecular weight is 228 g/mol. The van der Waals surface area contributed by atoms with E-state index >= 15 is 0 Å². The fourth-order valence-electron chi connectivity index (χ4n) is 1.31.